The molecule has 2 amide bonds. The van der Waals surface area contributed by atoms with Crippen molar-refractivity contribution in [3.05, 3.63) is 24.0 Å². The van der Waals surface area contributed by atoms with E-state index in [1.54, 1.807) is 4.90 Å². The molecular formula is C14H19N3O3. The number of aromatic nitrogens is 1. The molecule has 1 aromatic heterocycles. The zero-order valence-electron chi connectivity index (χ0n) is 11.5. The molecule has 0 bridgehead atoms. The SMILES string of the molecule is CCC(=O)NC1CCN(C(=O)c2cncc(O)c2)CC1. The van der Waals surface area contributed by atoms with Crippen LogP contribution in [0.5, 0.6) is 5.75 Å². The van der Waals surface area contributed by atoms with E-state index in [0.717, 1.165) is 12.8 Å². The first-order chi connectivity index (χ1) is 9.60. The van der Waals surface area contributed by atoms with Crippen LogP contribution in [0.4, 0.5) is 0 Å². The van der Waals surface area contributed by atoms with Gasteiger partial charge in [-0.15, -0.1) is 0 Å². The van der Waals surface area contributed by atoms with E-state index in [1.165, 1.54) is 18.5 Å². The average Bonchev–Trinajstić information content (AvgIpc) is 2.47. The first kappa shape index (κ1) is 14.3. The minimum absolute atomic E-state index is 0.0130. The molecular weight excluding hydrogens is 258 g/mol. The summed E-state index contributed by atoms with van der Waals surface area (Å²) >= 11 is 0. The van der Waals surface area contributed by atoms with Crippen molar-refractivity contribution in [2.45, 2.75) is 32.2 Å². The number of hydrogen-bond acceptors (Lipinski definition) is 4. The Balaban J connectivity index is 1.90. The fourth-order valence-electron chi connectivity index (χ4n) is 2.28. The van der Waals surface area contributed by atoms with Crippen LogP contribution in [0.1, 0.15) is 36.5 Å². The van der Waals surface area contributed by atoms with Crippen LogP contribution in [0.15, 0.2) is 18.5 Å². The summed E-state index contributed by atoms with van der Waals surface area (Å²) in [5, 5.41) is 12.3. The van der Waals surface area contributed by atoms with Crippen molar-refractivity contribution in [1.29, 1.82) is 0 Å². The molecule has 1 fully saturated rings. The zero-order chi connectivity index (χ0) is 14.5. The Labute approximate surface area is 117 Å². The van der Waals surface area contributed by atoms with E-state index in [9.17, 15) is 14.7 Å². The van der Waals surface area contributed by atoms with Crippen molar-refractivity contribution in [2.24, 2.45) is 0 Å². The van der Waals surface area contributed by atoms with E-state index in [0.29, 0.717) is 25.1 Å². The van der Waals surface area contributed by atoms with Crippen LogP contribution < -0.4 is 5.32 Å². The number of piperidine rings is 1. The third-order valence-electron chi connectivity index (χ3n) is 3.44. The van der Waals surface area contributed by atoms with Gasteiger partial charge >= 0.3 is 0 Å². The lowest BCUT2D eigenvalue weighted by Gasteiger charge is -2.32. The van der Waals surface area contributed by atoms with Gasteiger partial charge in [-0.05, 0) is 18.9 Å². The number of carbonyl (C=O) groups excluding carboxylic acids is 2. The summed E-state index contributed by atoms with van der Waals surface area (Å²) < 4.78 is 0. The van der Waals surface area contributed by atoms with Gasteiger partial charge < -0.3 is 15.3 Å². The number of rotatable bonds is 3. The maximum absolute atomic E-state index is 12.2. The van der Waals surface area contributed by atoms with Gasteiger partial charge in [-0.25, -0.2) is 0 Å². The first-order valence-corrected chi connectivity index (χ1v) is 6.82. The smallest absolute Gasteiger partial charge is 0.255 e. The second kappa shape index (κ2) is 6.36. The van der Waals surface area contributed by atoms with Crippen LogP contribution in [-0.2, 0) is 4.79 Å². The maximum Gasteiger partial charge on any atom is 0.255 e. The zero-order valence-corrected chi connectivity index (χ0v) is 11.5. The van der Waals surface area contributed by atoms with Crippen molar-refractivity contribution in [3.63, 3.8) is 0 Å². The Bertz CT molecular complexity index is 496. The molecule has 2 heterocycles. The fraction of sp³-hybridized carbons (Fsp3) is 0.500. The number of amides is 2. The lowest BCUT2D eigenvalue weighted by molar-refractivity contribution is -0.121. The van der Waals surface area contributed by atoms with E-state index in [2.05, 4.69) is 10.3 Å². The highest BCUT2D eigenvalue weighted by atomic mass is 16.3. The predicted molar refractivity (Wildman–Crippen MR) is 73.3 cm³/mol. The molecule has 6 heteroatoms. The summed E-state index contributed by atoms with van der Waals surface area (Å²) in [7, 11) is 0. The number of aromatic hydroxyl groups is 1. The van der Waals surface area contributed by atoms with Crippen molar-refractivity contribution in [2.75, 3.05) is 13.1 Å². The van der Waals surface area contributed by atoms with Crippen LogP contribution in [-0.4, -0.2) is 45.9 Å². The molecule has 6 nitrogen and oxygen atoms in total. The van der Waals surface area contributed by atoms with Gasteiger partial charge in [0.05, 0.1) is 11.8 Å². The van der Waals surface area contributed by atoms with E-state index in [1.807, 2.05) is 6.92 Å². The molecule has 0 aromatic carbocycles. The van der Waals surface area contributed by atoms with E-state index in [4.69, 9.17) is 0 Å². The summed E-state index contributed by atoms with van der Waals surface area (Å²) in [5.74, 6) is -0.0958. The maximum atomic E-state index is 12.2. The van der Waals surface area contributed by atoms with Crippen molar-refractivity contribution in [1.82, 2.24) is 15.2 Å². The number of carbonyl (C=O) groups is 2. The van der Waals surface area contributed by atoms with Gasteiger partial charge in [0.25, 0.3) is 5.91 Å². The van der Waals surface area contributed by atoms with Gasteiger partial charge in [-0.1, -0.05) is 6.92 Å². The molecule has 0 spiro atoms. The summed E-state index contributed by atoms with van der Waals surface area (Å²) in [6.45, 7) is 3.02. The molecule has 1 aliphatic heterocycles. The minimum atomic E-state index is -0.131. The number of nitrogens with one attached hydrogen (secondary N) is 1. The van der Waals surface area contributed by atoms with Gasteiger partial charge in [-0.2, -0.15) is 0 Å². The highest BCUT2D eigenvalue weighted by molar-refractivity contribution is 5.94. The Morgan fingerprint density at radius 3 is 2.70 bits per heavy atom. The third-order valence-corrected chi connectivity index (χ3v) is 3.44. The molecule has 0 aliphatic carbocycles. The lowest BCUT2D eigenvalue weighted by Crippen LogP contribution is -2.46. The van der Waals surface area contributed by atoms with Crippen LogP contribution in [0.3, 0.4) is 0 Å². The van der Waals surface area contributed by atoms with Crippen molar-refractivity contribution in [3.8, 4) is 5.75 Å². The van der Waals surface area contributed by atoms with Crippen molar-refractivity contribution >= 4 is 11.8 Å². The quantitative estimate of drug-likeness (QED) is 0.860. The highest BCUT2D eigenvalue weighted by Gasteiger charge is 2.24. The van der Waals surface area contributed by atoms with Gasteiger partial charge in [-0.3, -0.25) is 14.6 Å². The summed E-state index contributed by atoms with van der Waals surface area (Å²) in [5.41, 5.74) is 0.390. The monoisotopic (exact) mass is 277 g/mol. The number of pyridine rings is 1. The van der Waals surface area contributed by atoms with E-state index < -0.39 is 0 Å². The second-order valence-electron chi connectivity index (χ2n) is 4.92. The first-order valence-electron chi connectivity index (χ1n) is 6.82. The van der Waals surface area contributed by atoms with Gasteiger partial charge in [0.1, 0.15) is 5.75 Å². The topological polar surface area (TPSA) is 82.5 Å². The Morgan fingerprint density at radius 1 is 1.40 bits per heavy atom. The second-order valence-corrected chi connectivity index (χ2v) is 4.92. The van der Waals surface area contributed by atoms with Crippen LogP contribution in [0, 0.1) is 0 Å². The normalized spacial score (nSPS) is 15.9. The van der Waals surface area contributed by atoms with Gasteiger partial charge in [0.15, 0.2) is 0 Å². The minimum Gasteiger partial charge on any atom is -0.506 e. The summed E-state index contributed by atoms with van der Waals surface area (Å²) in [6.07, 6.45) is 4.73. The molecule has 0 atom stereocenters. The molecule has 2 N–H and O–H groups in total. The fourth-order valence-corrected chi connectivity index (χ4v) is 2.28. The molecule has 1 aliphatic rings. The highest BCUT2D eigenvalue weighted by Crippen LogP contribution is 2.16. The van der Waals surface area contributed by atoms with Gasteiger partial charge in [0, 0.05) is 31.7 Å². The number of nitrogens with zero attached hydrogens (tertiary/aromatic N) is 2. The van der Waals surface area contributed by atoms with E-state index >= 15 is 0 Å². The standard InChI is InChI=1S/C14H19N3O3/c1-2-13(19)16-11-3-5-17(6-4-11)14(20)10-7-12(18)9-15-8-10/h7-9,11,18H,2-6H2,1H3,(H,16,19). The Morgan fingerprint density at radius 2 is 2.10 bits per heavy atom. The Kier molecular flexibility index (Phi) is 4.55. The molecule has 1 saturated heterocycles. The van der Waals surface area contributed by atoms with Crippen LogP contribution >= 0.6 is 0 Å². The van der Waals surface area contributed by atoms with E-state index in [-0.39, 0.29) is 23.6 Å². The largest absolute Gasteiger partial charge is 0.506 e. The summed E-state index contributed by atoms with van der Waals surface area (Å²) in [6, 6.07) is 1.56. The molecule has 1 aromatic rings. The molecule has 2 rings (SSSR count). The molecule has 108 valence electrons. The lowest BCUT2D eigenvalue weighted by atomic mass is 10.0. The molecule has 0 radical (unpaired) electrons. The number of likely N-dealkylation sites (tertiary alicyclic amines) is 1. The third kappa shape index (κ3) is 3.46. The van der Waals surface area contributed by atoms with Crippen molar-refractivity contribution < 1.29 is 14.7 Å². The molecule has 0 saturated carbocycles. The number of hydrogen-bond donors (Lipinski definition) is 2. The van der Waals surface area contributed by atoms with Gasteiger partial charge in [0.2, 0.25) is 5.91 Å². The average molecular weight is 277 g/mol. The van der Waals surface area contributed by atoms with Crippen LogP contribution in [0.25, 0.3) is 0 Å². The summed E-state index contributed by atoms with van der Waals surface area (Å²) in [4.78, 5) is 29.1. The predicted octanol–water partition coefficient (Wildman–Crippen LogP) is 0.918. The molecule has 0 unspecified atom stereocenters. The Hall–Kier alpha value is -2.11. The van der Waals surface area contributed by atoms with Crippen LogP contribution in [0.2, 0.25) is 0 Å². The molecule has 20 heavy (non-hydrogen) atoms.